The van der Waals surface area contributed by atoms with E-state index in [-0.39, 0.29) is 6.04 Å². The third-order valence-electron chi connectivity index (χ3n) is 2.76. The van der Waals surface area contributed by atoms with Crippen LogP contribution in [0.15, 0.2) is 46.9 Å². The SMILES string of the molecule is Cc1ccc(NC(C)/C=C/c2ccc(C)o2)cc1. The quantitative estimate of drug-likeness (QED) is 0.857. The van der Waals surface area contributed by atoms with Crippen LogP contribution in [0.5, 0.6) is 0 Å². The Labute approximate surface area is 108 Å². The van der Waals surface area contributed by atoms with E-state index in [1.165, 1.54) is 5.56 Å². The summed E-state index contributed by atoms with van der Waals surface area (Å²) in [6.45, 7) is 6.16. The lowest BCUT2D eigenvalue weighted by molar-refractivity contribution is 0.525. The molecular formula is C16H19NO. The van der Waals surface area contributed by atoms with Gasteiger partial charge in [-0.25, -0.2) is 0 Å². The molecule has 1 atom stereocenters. The fourth-order valence-electron chi connectivity index (χ4n) is 1.74. The second-order valence-electron chi connectivity index (χ2n) is 4.61. The normalized spacial score (nSPS) is 12.8. The molecule has 2 nitrogen and oxygen atoms in total. The highest BCUT2D eigenvalue weighted by Gasteiger charge is 1.98. The molecule has 0 aliphatic heterocycles. The predicted octanol–water partition coefficient (Wildman–Crippen LogP) is 4.41. The molecule has 0 aliphatic rings. The Morgan fingerprint density at radius 1 is 1.06 bits per heavy atom. The van der Waals surface area contributed by atoms with Crippen LogP contribution >= 0.6 is 0 Å². The minimum Gasteiger partial charge on any atom is -0.462 e. The second kappa shape index (κ2) is 5.58. The summed E-state index contributed by atoms with van der Waals surface area (Å²) in [6, 6.07) is 12.6. The van der Waals surface area contributed by atoms with Crippen LogP contribution in [0.25, 0.3) is 6.08 Å². The molecule has 1 unspecified atom stereocenters. The summed E-state index contributed by atoms with van der Waals surface area (Å²) in [6.07, 6.45) is 4.09. The summed E-state index contributed by atoms with van der Waals surface area (Å²) < 4.78 is 5.49. The highest BCUT2D eigenvalue weighted by Crippen LogP contribution is 2.12. The van der Waals surface area contributed by atoms with E-state index >= 15 is 0 Å². The minimum absolute atomic E-state index is 0.262. The summed E-state index contributed by atoms with van der Waals surface area (Å²) in [7, 11) is 0. The van der Waals surface area contributed by atoms with E-state index in [1.807, 2.05) is 25.1 Å². The number of benzene rings is 1. The first-order valence-corrected chi connectivity index (χ1v) is 6.21. The van der Waals surface area contributed by atoms with Gasteiger partial charge in [-0.1, -0.05) is 23.8 Å². The van der Waals surface area contributed by atoms with E-state index in [2.05, 4.69) is 49.5 Å². The van der Waals surface area contributed by atoms with Gasteiger partial charge in [0.25, 0.3) is 0 Å². The highest BCUT2D eigenvalue weighted by molar-refractivity contribution is 5.49. The molecule has 0 bridgehead atoms. The van der Waals surface area contributed by atoms with Crippen LogP contribution in [0.4, 0.5) is 5.69 Å². The standard InChI is InChI=1S/C16H19NO/c1-12-4-8-15(9-5-12)17-13(2)6-10-16-11-7-14(3)18-16/h4-11,13,17H,1-3H3/b10-6+. The maximum atomic E-state index is 5.49. The average Bonchev–Trinajstić information content (AvgIpc) is 2.76. The molecule has 0 amide bonds. The number of hydrogen-bond acceptors (Lipinski definition) is 2. The molecule has 1 aromatic heterocycles. The van der Waals surface area contributed by atoms with Gasteiger partial charge in [0, 0.05) is 11.7 Å². The molecule has 0 aliphatic carbocycles. The van der Waals surface area contributed by atoms with Gasteiger partial charge in [-0.15, -0.1) is 0 Å². The Balaban J connectivity index is 1.94. The van der Waals surface area contributed by atoms with Gasteiger partial charge in [0.2, 0.25) is 0 Å². The molecule has 0 fully saturated rings. The molecule has 2 aromatic rings. The van der Waals surface area contributed by atoms with Gasteiger partial charge < -0.3 is 9.73 Å². The monoisotopic (exact) mass is 241 g/mol. The fourth-order valence-corrected chi connectivity index (χ4v) is 1.74. The molecule has 18 heavy (non-hydrogen) atoms. The van der Waals surface area contributed by atoms with Crippen molar-refractivity contribution in [3.8, 4) is 0 Å². The van der Waals surface area contributed by atoms with Gasteiger partial charge in [0.1, 0.15) is 11.5 Å². The molecule has 0 saturated heterocycles. The van der Waals surface area contributed by atoms with Crippen molar-refractivity contribution in [1.29, 1.82) is 0 Å². The van der Waals surface area contributed by atoms with Crippen molar-refractivity contribution < 1.29 is 4.42 Å². The van der Waals surface area contributed by atoms with E-state index in [0.29, 0.717) is 0 Å². The average molecular weight is 241 g/mol. The van der Waals surface area contributed by atoms with Crippen LogP contribution in [0.2, 0.25) is 0 Å². The maximum absolute atomic E-state index is 5.49. The molecule has 0 saturated carbocycles. The topological polar surface area (TPSA) is 25.2 Å². The zero-order valence-electron chi connectivity index (χ0n) is 11.1. The molecular weight excluding hydrogens is 222 g/mol. The predicted molar refractivity (Wildman–Crippen MR) is 76.7 cm³/mol. The van der Waals surface area contributed by atoms with Gasteiger partial charge in [0.05, 0.1) is 0 Å². The first kappa shape index (κ1) is 12.5. The number of nitrogens with one attached hydrogen (secondary N) is 1. The molecule has 1 aromatic carbocycles. The number of anilines is 1. The second-order valence-corrected chi connectivity index (χ2v) is 4.61. The lowest BCUT2D eigenvalue weighted by Gasteiger charge is -2.11. The van der Waals surface area contributed by atoms with Crippen LogP contribution in [0.1, 0.15) is 24.0 Å². The Hall–Kier alpha value is -1.96. The molecule has 2 rings (SSSR count). The van der Waals surface area contributed by atoms with Crippen molar-refractivity contribution in [3.05, 3.63) is 59.6 Å². The summed E-state index contributed by atoms with van der Waals surface area (Å²) in [5.74, 6) is 1.83. The Bertz CT molecular complexity index is 522. The van der Waals surface area contributed by atoms with Gasteiger partial charge in [-0.3, -0.25) is 0 Å². The van der Waals surface area contributed by atoms with Crippen molar-refractivity contribution in [3.63, 3.8) is 0 Å². The van der Waals surface area contributed by atoms with Gasteiger partial charge in [0.15, 0.2) is 0 Å². The van der Waals surface area contributed by atoms with E-state index in [1.54, 1.807) is 0 Å². The Morgan fingerprint density at radius 2 is 1.78 bits per heavy atom. The maximum Gasteiger partial charge on any atom is 0.126 e. The van der Waals surface area contributed by atoms with E-state index in [9.17, 15) is 0 Å². The first-order chi connectivity index (χ1) is 8.63. The van der Waals surface area contributed by atoms with Gasteiger partial charge in [-0.2, -0.15) is 0 Å². The Morgan fingerprint density at radius 3 is 2.39 bits per heavy atom. The van der Waals surface area contributed by atoms with E-state index in [0.717, 1.165) is 17.2 Å². The molecule has 2 heteroatoms. The number of furan rings is 1. The van der Waals surface area contributed by atoms with Crippen molar-refractivity contribution in [2.45, 2.75) is 26.8 Å². The van der Waals surface area contributed by atoms with E-state index in [4.69, 9.17) is 4.42 Å². The fraction of sp³-hybridized carbons (Fsp3) is 0.250. The molecule has 0 spiro atoms. The van der Waals surface area contributed by atoms with Crippen LogP contribution in [0.3, 0.4) is 0 Å². The number of aryl methyl sites for hydroxylation is 2. The summed E-state index contributed by atoms with van der Waals surface area (Å²) in [5.41, 5.74) is 2.41. The lowest BCUT2D eigenvalue weighted by Crippen LogP contribution is -2.11. The summed E-state index contributed by atoms with van der Waals surface area (Å²) in [5, 5.41) is 3.42. The summed E-state index contributed by atoms with van der Waals surface area (Å²) >= 11 is 0. The molecule has 94 valence electrons. The lowest BCUT2D eigenvalue weighted by atomic mass is 10.2. The first-order valence-electron chi connectivity index (χ1n) is 6.21. The largest absolute Gasteiger partial charge is 0.462 e. The van der Waals surface area contributed by atoms with Crippen LogP contribution in [-0.4, -0.2) is 6.04 Å². The Kier molecular flexibility index (Phi) is 3.88. The van der Waals surface area contributed by atoms with Gasteiger partial charge >= 0.3 is 0 Å². The number of rotatable bonds is 4. The third kappa shape index (κ3) is 3.52. The third-order valence-corrected chi connectivity index (χ3v) is 2.76. The van der Waals surface area contributed by atoms with Crippen molar-refractivity contribution >= 4 is 11.8 Å². The van der Waals surface area contributed by atoms with Crippen molar-refractivity contribution in [2.75, 3.05) is 5.32 Å². The minimum atomic E-state index is 0.262. The van der Waals surface area contributed by atoms with Crippen molar-refractivity contribution in [1.82, 2.24) is 0 Å². The number of hydrogen-bond donors (Lipinski definition) is 1. The van der Waals surface area contributed by atoms with Gasteiger partial charge in [-0.05, 0) is 51.1 Å². The highest BCUT2D eigenvalue weighted by atomic mass is 16.3. The molecule has 0 radical (unpaired) electrons. The van der Waals surface area contributed by atoms with Crippen LogP contribution in [0, 0.1) is 13.8 Å². The summed E-state index contributed by atoms with van der Waals surface area (Å²) in [4.78, 5) is 0. The molecule has 1 N–H and O–H groups in total. The van der Waals surface area contributed by atoms with Crippen LogP contribution in [-0.2, 0) is 0 Å². The smallest absolute Gasteiger partial charge is 0.126 e. The zero-order chi connectivity index (χ0) is 13.0. The molecule has 1 heterocycles. The van der Waals surface area contributed by atoms with Crippen LogP contribution < -0.4 is 5.32 Å². The zero-order valence-corrected chi connectivity index (χ0v) is 11.1. The van der Waals surface area contributed by atoms with E-state index < -0.39 is 0 Å². The van der Waals surface area contributed by atoms with Crippen molar-refractivity contribution in [2.24, 2.45) is 0 Å².